The van der Waals surface area contributed by atoms with Crippen LogP contribution in [0.5, 0.6) is 5.75 Å². The first kappa shape index (κ1) is 17.2. The summed E-state index contributed by atoms with van der Waals surface area (Å²) >= 11 is 11.1. The second kappa shape index (κ2) is 7.50. The van der Waals surface area contributed by atoms with Crippen LogP contribution in [0, 0.1) is 6.92 Å². The molecule has 0 bridgehead atoms. The summed E-state index contributed by atoms with van der Waals surface area (Å²) in [4.78, 5) is 19.4. The molecule has 3 N–H and O–H groups in total. The maximum absolute atomic E-state index is 11.9. The highest BCUT2D eigenvalue weighted by Crippen LogP contribution is 2.22. The van der Waals surface area contributed by atoms with Gasteiger partial charge in [-0.05, 0) is 49.5 Å². The zero-order valence-corrected chi connectivity index (χ0v) is 14.9. The zero-order valence-electron chi connectivity index (χ0n) is 13.3. The molecule has 3 rings (SSSR count). The third-order valence-electron chi connectivity index (χ3n) is 3.31. The molecule has 0 saturated carbocycles. The van der Waals surface area contributed by atoms with Crippen molar-refractivity contribution in [1.82, 2.24) is 15.3 Å². The van der Waals surface area contributed by atoms with Crippen molar-refractivity contribution in [3.63, 3.8) is 0 Å². The quantitative estimate of drug-likeness (QED) is 0.610. The van der Waals surface area contributed by atoms with Gasteiger partial charge in [-0.3, -0.25) is 10.1 Å². The predicted octanol–water partition coefficient (Wildman–Crippen LogP) is 3.42. The number of para-hydroxylation sites is 1. The number of aromatic amines is 1. The van der Waals surface area contributed by atoms with Crippen LogP contribution in [0.2, 0.25) is 5.02 Å². The minimum atomic E-state index is -0.379. The number of aryl methyl sites for hydroxylation is 1. The van der Waals surface area contributed by atoms with Crippen LogP contribution in [0.4, 0.5) is 5.69 Å². The largest absolute Gasteiger partial charge is 0.482 e. The average molecular weight is 375 g/mol. The summed E-state index contributed by atoms with van der Waals surface area (Å²) in [6.07, 6.45) is 0. The predicted molar refractivity (Wildman–Crippen MR) is 102 cm³/mol. The summed E-state index contributed by atoms with van der Waals surface area (Å²) in [6.45, 7) is 1.70. The molecule has 6 nitrogen and oxygen atoms in total. The van der Waals surface area contributed by atoms with E-state index in [1.54, 1.807) is 24.3 Å². The number of anilines is 1. The number of imidazole rings is 1. The number of aromatic nitrogens is 2. The number of nitrogens with zero attached hydrogens (tertiary/aromatic N) is 1. The van der Waals surface area contributed by atoms with Crippen molar-refractivity contribution in [2.75, 3.05) is 11.9 Å². The van der Waals surface area contributed by atoms with Crippen LogP contribution >= 0.6 is 23.8 Å². The van der Waals surface area contributed by atoms with Gasteiger partial charge in [0.2, 0.25) is 0 Å². The minimum absolute atomic E-state index is 0.184. The van der Waals surface area contributed by atoms with Gasteiger partial charge in [-0.1, -0.05) is 23.7 Å². The lowest BCUT2D eigenvalue weighted by molar-refractivity contribution is -0.121. The summed E-state index contributed by atoms with van der Waals surface area (Å²) in [6, 6.07) is 12.5. The maximum Gasteiger partial charge on any atom is 0.264 e. The van der Waals surface area contributed by atoms with Crippen LogP contribution in [0.3, 0.4) is 0 Å². The average Bonchev–Trinajstić information content (AvgIpc) is 2.93. The third-order valence-corrected chi connectivity index (χ3v) is 3.82. The SMILES string of the molecule is Cc1nc2ccc(NC(=S)NC(=O)COc3ccccc3Cl)cc2[nH]1. The Kier molecular flexibility index (Phi) is 5.16. The van der Waals surface area contributed by atoms with E-state index in [0.29, 0.717) is 10.8 Å². The van der Waals surface area contributed by atoms with E-state index in [4.69, 9.17) is 28.6 Å². The number of benzene rings is 2. The summed E-state index contributed by atoms with van der Waals surface area (Å²) < 4.78 is 5.37. The van der Waals surface area contributed by atoms with Gasteiger partial charge in [0.25, 0.3) is 5.91 Å². The van der Waals surface area contributed by atoms with Gasteiger partial charge in [-0.2, -0.15) is 0 Å². The van der Waals surface area contributed by atoms with Crippen molar-refractivity contribution in [3.8, 4) is 5.75 Å². The second-order valence-corrected chi connectivity index (χ2v) is 6.09. The zero-order chi connectivity index (χ0) is 17.8. The molecular weight excluding hydrogens is 360 g/mol. The molecular formula is C17H15ClN4O2S. The van der Waals surface area contributed by atoms with Crippen LogP contribution in [0.15, 0.2) is 42.5 Å². The molecule has 0 fully saturated rings. The number of nitrogens with one attached hydrogen (secondary N) is 3. The number of hydrogen-bond acceptors (Lipinski definition) is 4. The molecule has 0 radical (unpaired) electrons. The summed E-state index contributed by atoms with van der Waals surface area (Å²) in [5.41, 5.74) is 2.50. The number of thiocarbonyl (C=S) groups is 1. The topological polar surface area (TPSA) is 79.0 Å². The molecule has 0 spiro atoms. The van der Waals surface area contributed by atoms with Crippen molar-refractivity contribution < 1.29 is 9.53 Å². The fourth-order valence-corrected chi connectivity index (χ4v) is 2.67. The van der Waals surface area contributed by atoms with Crippen LogP contribution in [0.25, 0.3) is 11.0 Å². The Hall–Kier alpha value is -2.64. The van der Waals surface area contributed by atoms with Gasteiger partial charge < -0.3 is 15.0 Å². The molecule has 0 saturated heterocycles. The van der Waals surface area contributed by atoms with E-state index in [0.717, 1.165) is 22.5 Å². The van der Waals surface area contributed by atoms with Gasteiger partial charge in [-0.25, -0.2) is 4.98 Å². The first-order chi connectivity index (χ1) is 12.0. The lowest BCUT2D eigenvalue weighted by atomic mass is 10.3. The first-order valence-corrected chi connectivity index (χ1v) is 8.24. The molecule has 128 valence electrons. The summed E-state index contributed by atoms with van der Waals surface area (Å²) in [5, 5.41) is 6.14. The molecule has 1 amide bonds. The van der Waals surface area contributed by atoms with E-state index >= 15 is 0 Å². The number of rotatable bonds is 4. The second-order valence-electron chi connectivity index (χ2n) is 5.28. The van der Waals surface area contributed by atoms with Gasteiger partial charge in [0.15, 0.2) is 11.7 Å². The highest BCUT2D eigenvalue weighted by molar-refractivity contribution is 7.80. The smallest absolute Gasteiger partial charge is 0.264 e. The van der Waals surface area contributed by atoms with E-state index in [-0.39, 0.29) is 17.6 Å². The maximum atomic E-state index is 11.9. The summed E-state index contributed by atoms with van der Waals surface area (Å²) in [7, 11) is 0. The lowest BCUT2D eigenvalue weighted by Gasteiger charge is -2.11. The third kappa shape index (κ3) is 4.46. The molecule has 0 atom stereocenters. The van der Waals surface area contributed by atoms with Crippen molar-refractivity contribution in [3.05, 3.63) is 53.3 Å². The monoisotopic (exact) mass is 374 g/mol. The van der Waals surface area contributed by atoms with E-state index in [9.17, 15) is 4.79 Å². The van der Waals surface area contributed by atoms with Crippen LogP contribution in [-0.4, -0.2) is 27.6 Å². The molecule has 8 heteroatoms. The molecule has 0 unspecified atom stereocenters. The number of carbonyl (C=O) groups excluding carboxylic acids is 1. The molecule has 0 aliphatic rings. The van der Waals surface area contributed by atoms with E-state index < -0.39 is 0 Å². The molecule has 0 aliphatic heterocycles. The Balaban J connectivity index is 1.54. The standard InChI is InChI=1S/C17H15ClN4O2S/c1-10-19-13-7-6-11(8-14(13)20-10)21-17(25)22-16(23)9-24-15-5-3-2-4-12(15)18/h2-8H,9H2,1H3,(H,19,20)(H2,21,22,23,25). The molecule has 3 aromatic rings. The van der Waals surface area contributed by atoms with Crippen LogP contribution < -0.4 is 15.4 Å². The number of H-pyrrole nitrogens is 1. The number of ether oxygens (including phenoxy) is 1. The van der Waals surface area contributed by atoms with Gasteiger partial charge >= 0.3 is 0 Å². The Morgan fingerprint density at radius 3 is 2.92 bits per heavy atom. The van der Waals surface area contributed by atoms with Crippen molar-refractivity contribution in [2.24, 2.45) is 0 Å². The Labute approximate surface area is 154 Å². The lowest BCUT2D eigenvalue weighted by Crippen LogP contribution is -2.37. The fraction of sp³-hybridized carbons (Fsp3) is 0.118. The van der Waals surface area contributed by atoms with Gasteiger partial charge in [0.05, 0.1) is 16.1 Å². The molecule has 25 heavy (non-hydrogen) atoms. The Morgan fingerprint density at radius 1 is 1.32 bits per heavy atom. The van der Waals surface area contributed by atoms with Crippen molar-refractivity contribution >= 4 is 51.6 Å². The number of fused-ring (bicyclic) bond motifs is 1. The highest BCUT2D eigenvalue weighted by Gasteiger charge is 2.08. The van der Waals surface area contributed by atoms with Crippen LogP contribution in [0.1, 0.15) is 5.82 Å². The van der Waals surface area contributed by atoms with E-state index in [1.165, 1.54) is 0 Å². The number of carbonyl (C=O) groups is 1. The van der Waals surface area contributed by atoms with Gasteiger partial charge in [-0.15, -0.1) is 0 Å². The normalized spacial score (nSPS) is 10.5. The number of halogens is 1. The van der Waals surface area contributed by atoms with Gasteiger partial charge in [0, 0.05) is 5.69 Å². The van der Waals surface area contributed by atoms with Crippen molar-refractivity contribution in [2.45, 2.75) is 6.92 Å². The van der Waals surface area contributed by atoms with E-state index in [1.807, 2.05) is 25.1 Å². The molecule has 2 aromatic carbocycles. The molecule has 0 aliphatic carbocycles. The highest BCUT2D eigenvalue weighted by atomic mass is 35.5. The van der Waals surface area contributed by atoms with E-state index in [2.05, 4.69) is 20.6 Å². The number of amides is 1. The fourth-order valence-electron chi connectivity index (χ4n) is 2.25. The van der Waals surface area contributed by atoms with Crippen molar-refractivity contribution in [1.29, 1.82) is 0 Å². The Bertz CT molecular complexity index is 941. The molecule has 1 aromatic heterocycles. The minimum Gasteiger partial charge on any atom is -0.482 e. The van der Waals surface area contributed by atoms with Gasteiger partial charge in [0.1, 0.15) is 11.6 Å². The molecule has 1 heterocycles. The number of hydrogen-bond donors (Lipinski definition) is 3. The summed E-state index contributed by atoms with van der Waals surface area (Å²) in [5.74, 6) is 0.897. The van der Waals surface area contributed by atoms with Crippen LogP contribution in [-0.2, 0) is 4.79 Å². The Morgan fingerprint density at radius 2 is 2.12 bits per heavy atom. The first-order valence-electron chi connectivity index (χ1n) is 7.46.